The molecular weight excluding hydrogens is 344 g/mol. The molecule has 0 spiro atoms. The minimum Gasteiger partial charge on any atom is -0.370 e. The molecule has 0 aliphatic rings. The number of primary amides is 2. The summed E-state index contributed by atoms with van der Waals surface area (Å²) < 4.78 is 0. The molecule has 0 saturated carbocycles. The molecule has 0 bridgehead atoms. The quantitative estimate of drug-likeness (QED) is 0.438. The minimum absolute atomic E-state index is 0.0493. The molecule has 0 fully saturated rings. The maximum absolute atomic E-state index is 12.1. The SMILES string of the molecule is NC(=O)CCCCCc1cccc(NC(=O)[C@@H](N)CCC(N)=O)c1Cl. The van der Waals surface area contributed by atoms with Gasteiger partial charge in [0, 0.05) is 12.8 Å². The van der Waals surface area contributed by atoms with Gasteiger partial charge in [0.2, 0.25) is 17.7 Å². The molecule has 0 unspecified atom stereocenters. The lowest BCUT2D eigenvalue weighted by Gasteiger charge is -2.14. The van der Waals surface area contributed by atoms with Crippen molar-refractivity contribution in [2.75, 3.05) is 5.32 Å². The lowest BCUT2D eigenvalue weighted by molar-refractivity contribution is -0.120. The van der Waals surface area contributed by atoms with Crippen molar-refractivity contribution in [3.63, 3.8) is 0 Å². The van der Waals surface area contributed by atoms with Gasteiger partial charge < -0.3 is 22.5 Å². The summed E-state index contributed by atoms with van der Waals surface area (Å²) >= 11 is 6.34. The monoisotopic (exact) mass is 368 g/mol. The molecule has 0 saturated heterocycles. The molecule has 3 amide bonds. The van der Waals surface area contributed by atoms with E-state index < -0.39 is 17.9 Å². The molecular formula is C17H25ClN4O3. The van der Waals surface area contributed by atoms with E-state index in [-0.39, 0.29) is 18.7 Å². The maximum atomic E-state index is 12.1. The van der Waals surface area contributed by atoms with E-state index in [9.17, 15) is 14.4 Å². The first-order valence-corrected chi connectivity index (χ1v) is 8.59. The highest BCUT2D eigenvalue weighted by atomic mass is 35.5. The van der Waals surface area contributed by atoms with E-state index in [1.54, 1.807) is 12.1 Å². The van der Waals surface area contributed by atoms with Crippen molar-refractivity contribution in [2.24, 2.45) is 17.2 Å². The number of hydrogen-bond acceptors (Lipinski definition) is 4. The van der Waals surface area contributed by atoms with Crippen molar-refractivity contribution in [3.05, 3.63) is 28.8 Å². The molecule has 0 aliphatic carbocycles. The van der Waals surface area contributed by atoms with Crippen LogP contribution in [0.5, 0.6) is 0 Å². The van der Waals surface area contributed by atoms with Gasteiger partial charge in [-0.3, -0.25) is 14.4 Å². The number of nitrogens with two attached hydrogens (primary N) is 3. The lowest BCUT2D eigenvalue weighted by atomic mass is 10.0. The molecule has 8 heteroatoms. The van der Waals surface area contributed by atoms with Gasteiger partial charge in [0.25, 0.3) is 0 Å². The molecule has 7 nitrogen and oxygen atoms in total. The fraction of sp³-hybridized carbons (Fsp3) is 0.471. The van der Waals surface area contributed by atoms with Crippen LogP contribution in [-0.4, -0.2) is 23.8 Å². The average Bonchev–Trinajstić information content (AvgIpc) is 2.55. The standard InChI is InChI=1S/C17H25ClN4O3/c18-16-11(5-2-1-3-8-14(20)23)6-4-7-13(16)22-17(25)12(19)9-10-15(21)24/h4,6-7,12H,1-3,5,8-10,19H2,(H2,20,23)(H2,21,24)(H,22,25)/t12-/m0/s1. The zero-order valence-electron chi connectivity index (χ0n) is 14.1. The zero-order chi connectivity index (χ0) is 18.8. The van der Waals surface area contributed by atoms with E-state index in [4.69, 9.17) is 28.8 Å². The summed E-state index contributed by atoms with van der Waals surface area (Å²) in [6.07, 6.45) is 3.82. The highest BCUT2D eigenvalue weighted by Gasteiger charge is 2.16. The first-order valence-electron chi connectivity index (χ1n) is 8.21. The molecule has 1 aromatic rings. The Morgan fingerprint density at radius 1 is 1.04 bits per heavy atom. The van der Waals surface area contributed by atoms with Crippen LogP contribution in [-0.2, 0) is 20.8 Å². The van der Waals surface area contributed by atoms with Crippen LogP contribution in [0, 0.1) is 0 Å². The number of unbranched alkanes of at least 4 members (excludes halogenated alkanes) is 2. The summed E-state index contributed by atoms with van der Waals surface area (Å²) in [5.41, 5.74) is 17.3. The van der Waals surface area contributed by atoms with Crippen LogP contribution in [0.25, 0.3) is 0 Å². The van der Waals surface area contributed by atoms with Crippen molar-refractivity contribution in [1.82, 2.24) is 0 Å². The van der Waals surface area contributed by atoms with Gasteiger partial charge in [0.05, 0.1) is 16.8 Å². The van der Waals surface area contributed by atoms with Crippen LogP contribution < -0.4 is 22.5 Å². The molecule has 25 heavy (non-hydrogen) atoms. The summed E-state index contributed by atoms with van der Waals surface area (Å²) in [5, 5.41) is 3.15. The van der Waals surface area contributed by atoms with Gasteiger partial charge >= 0.3 is 0 Å². The number of carbonyl (C=O) groups excluding carboxylic acids is 3. The first-order chi connectivity index (χ1) is 11.8. The Balaban J connectivity index is 2.56. The third-order valence-electron chi connectivity index (χ3n) is 3.74. The van der Waals surface area contributed by atoms with Crippen LogP contribution in [0.4, 0.5) is 5.69 Å². The topological polar surface area (TPSA) is 141 Å². The predicted molar refractivity (Wildman–Crippen MR) is 97.9 cm³/mol. The van der Waals surface area contributed by atoms with Crippen molar-refractivity contribution in [2.45, 2.75) is 51.0 Å². The second-order valence-electron chi connectivity index (χ2n) is 5.91. The number of aryl methyl sites for hydroxylation is 1. The van der Waals surface area contributed by atoms with Crippen LogP contribution in [0.2, 0.25) is 5.02 Å². The molecule has 7 N–H and O–H groups in total. The summed E-state index contributed by atoms with van der Waals surface area (Å²) in [6, 6.07) is 4.55. The minimum atomic E-state index is -0.832. The molecule has 138 valence electrons. The van der Waals surface area contributed by atoms with Crippen LogP contribution in [0.3, 0.4) is 0 Å². The van der Waals surface area contributed by atoms with E-state index in [2.05, 4.69) is 5.32 Å². The van der Waals surface area contributed by atoms with E-state index in [0.717, 1.165) is 31.2 Å². The van der Waals surface area contributed by atoms with Gasteiger partial charge in [-0.05, 0) is 37.3 Å². The summed E-state index contributed by atoms with van der Waals surface area (Å²) in [5.74, 6) is -1.21. The molecule has 1 aromatic carbocycles. The van der Waals surface area contributed by atoms with Crippen molar-refractivity contribution < 1.29 is 14.4 Å². The summed E-state index contributed by atoms with van der Waals surface area (Å²) in [4.78, 5) is 33.5. The molecule has 0 radical (unpaired) electrons. The fourth-order valence-corrected chi connectivity index (χ4v) is 2.58. The van der Waals surface area contributed by atoms with Gasteiger partial charge in [-0.2, -0.15) is 0 Å². The average molecular weight is 369 g/mol. The zero-order valence-corrected chi connectivity index (χ0v) is 14.8. The number of carbonyl (C=O) groups is 3. The van der Waals surface area contributed by atoms with Crippen molar-refractivity contribution in [3.8, 4) is 0 Å². The predicted octanol–water partition coefficient (Wildman–Crippen LogP) is 1.46. The van der Waals surface area contributed by atoms with E-state index >= 15 is 0 Å². The van der Waals surface area contributed by atoms with Crippen LogP contribution in [0.15, 0.2) is 18.2 Å². The number of amides is 3. The summed E-state index contributed by atoms with van der Waals surface area (Å²) in [6.45, 7) is 0. The molecule has 0 aliphatic heterocycles. The number of rotatable bonds is 11. The molecule has 0 aromatic heterocycles. The van der Waals surface area contributed by atoms with Gasteiger partial charge in [-0.15, -0.1) is 0 Å². The first kappa shape index (κ1) is 20.9. The highest BCUT2D eigenvalue weighted by molar-refractivity contribution is 6.34. The van der Waals surface area contributed by atoms with Crippen LogP contribution in [0.1, 0.15) is 44.1 Å². The Kier molecular flexibility index (Phi) is 8.94. The van der Waals surface area contributed by atoms with Gasteiger partial charge in [0.15, 0.2) is 0 Å². The Morgan fingerprint density at radius 3 is 2.36 bits per heavy atom. The molecule has 1 atom stereocenters. The smallest absolute Gasteiger partial charge is 0.241 e. The fourth-order valence-electron chi connectivity index (χ4n) is 2.32. The Labute approximate surface area is 152 Å². The number of benzene rings is 1. The van der Waals surface area contributed by atoms with E-state index in [1.807, 2.05) is 6.07 Å². The molecule has 0 heterocycles. The lowest BCUT2D eigenvalue weighted by Crippen LogP contribution is -2.36. The van der Waals surface area contributed by atoms with Gasteiger partial charge in [-0.25, -0.2) is 0 Å². The third-order valence-corrected chi connectivity index (χ3v) is 4.19. The second kappa shape index (κ2) is 10.7. The van der Waals surface area contributed by atoms with Crippen molar-refractivity contribution in [1.29, 1.82) is 0 Å². The second-order valence-corrected chi connectivity index (χ2v) is 6.28. The largest absolute Gasteiger partial charge is 0.370 e. The maximum Gasteiger partial charge on any atom is 0.241 e. The number of nitrogens with one attached hydrogen (secondary N) is 1. The Morgan fingerprint density at radius 2 is 1.72 bits per heavy atom. The van der Waals surface area contributed by atoms with Gasteiger partial charge in [-0.1, -0.05) is 30.2 Å². The number of halogens is 1. The van der Waals surface area contributed by atoms with Crippen LogP contribution >= 0.6 is 11.6 Å². The third kappa shape index (κ3) is 8.00. The summed E-state index contributed by atoms with van der Waals surface area (Å²) in [7, 11) is 0. The number of hydrogen-bond donors (Lipinski definition) is 4. The van der Waals surface area contributed by atoms with E-state index in [0.29, 0.717) is 17.1 Å². The normalized spacial score (nSPS) is 11.8. The van der Waals surface area contributed by atoms with E-state index in [1.165, 1.54) is 0 Å². The Bertz CT molecular complexity index is 622. The number of anilines is 1. The Hall–Kier alpha value is -2.12. The van der Waals surface area contributed by atoms with Crippen molar-refractivity contribution >= 4 is 35.0 Å². The highest BCUT2D eigenvalue weighted by Crippen LogP contribution is 2.27. The molecule has 1 rings (SSSR count). The van der Waals surface area contributed by atoms with Gasteiger partial charge in [0.1, 0.15) is 0 Å².